The van der Waals surface area contributed by atoms with Crippen LogP contribution in [0, 0.1) is 0 Å². The van der Waals surface area contributed by atoms with Crippen molar-refractivity contribution in [3.8, 4) is 0 Å². The quantitative estimate of drug-likeness (QED) is 0.544. The maximum atomic E-state index is 5.71. The minimum atomic E-state index is 0.168. The standard InChI is InChI=1S/C11H26N2O2/c1-5-6-12-9-11(10-14-4)15-8-7-13(2)3/h11-12H,5-10H2,1-4H3. The molecule has 92 valence electrons. The summed E-state index contributed by atoms with van der Waals surface area (Å²) in [6.45, 7) is 6.44. The van der Waals surface area contributed by atoms with Gasteiger partial charge in [0.25, 0.3) is 0 Å². The highest BCUT2D eigenvalue weighted by Crippen LogP contribution is 1.92. The monoisotopic (exact) mass is 218 g/mol. The van der Waals surface area contributed by atoms with Crippen LogP contribution in [0.1, 0.15) is 13.3 Å². The first kappa shape index (κ1) is 14.8. The number of likely N-dealkylation sites (N-methyl/N-ethyl adjacent to an activating group) is 1. The van der Waals surface area contributed by atoms with Crippen molar-refractivity contribution in [2.45, 2.75) is 19.4 Å². The molecule has 0 aromatic heterocycles. The number of rotatable bonds is 10. The zero-order chi connectivity index (χ0) is 11.5. The predicted molar refractivity (Wildman–Crippen MR) is 63.3 cm³/mol. The summed E-state index contributed by atoms with van der Waals surface area (Å²) in [4.78, 5) is 2.11. The third-order valence-electron chi connectivity index (χ3n) is 2.04. The van der Waals surface area contributed by atoms with Gasteiger partial charge < -0.3 is 19.7 Å². The zero-order valence-corrected chi connectivity index (χ0v) is 10.6. The van der Waals surface area contributed by atoms with Crippen molar-refractivity contribution in [2.24, 2.45) is 0 Å². The van der Waals surface area contributed by atoms with Gasteiger partial charge in [-0.1, -0.05) is 6.92 Å². The molecule has 0 aliphatic carbocycles. The summed E-state index contributed by atoms with van der Waals surface area (Å²) in [6.07, 6.45) is 1.32. The first-order valence-corrected chi connectivity index (χ1v) is 5.66. The van der Waals surface area contributed by atoms with E-state index in [0.29, 0.717) is 6.61 Å². The molecule has 0 aromatic rings. The molecule has 0 aromatic carbocycles. The van der Waals surface area contributed by atoms with Crippen LogP contribution in [-0.4, -0.2) is 65.1 Å². The third kappa shape index (κ3) is 10.1. The Hall–Kier alpha value is -0.160. The minimum absolute atomic E-state index is 0.168. The molecule has 0 amide bonds. The smallest absolute Gasteiger partial charge is 0.0932 e. The lowest BCUT2D eigenvalue weighted by atomic mass is 10.3. The lowest BCUT2D eigenvalue weighted by Gasteiger charge is -2.19. The topological polar surface area (TPSA) is 33.7 Å². The van der Waals surface area contributed by atoms with Crippen LogP contribution >= 0.6 is 0 Å². The number of nitrogens with one attached hydrogen (secondary N) is 1. The van der Waals surface area contributed by atoms with Gasteiger partial charge in [-0.25, -0.2) is 0 Å². The summed E-state index contributed by atoms with van der Waals surface area (Å²) < 4.78 is 10.8. The highest BCUT2D eigenvalue weighted by molar-refractivity contribution is 4.61. The van der Waals surface area contributed by atoms with Gasteiger partial charge in [0.15, 0.2) is 0 Å². The van der Waals surface area contributed by atoms with Crippen molar-refractivity contribution in [2.75, 3.05) is 54.1 Å². The Labute approximate surface area is 93.9 Å². The van der Waals surface area contributed by atoms with E-state index in [-0.39, 0.29) is 6.10 Å². The van der Waals surface area contributed by atoms with Crippen LogP contribution in [0.2, 0.25) is 0 Å². The Balaban J connectivity index is 3.53. The zero-order valence-electron chi connectivity index (χ0n) is 10.6. The molecule has 0 radical (unpaired) electrons. The van der Waals surface area contributed by atoms with Crippen molar-refractivity contribution >= 4 is 0 Å². The van der Waals surface area contributed by atoms with Crippen molar-refractivity contribution in [1.29, 1.82) is 0 Å². The summed E-state index contributed by atoms with van der Waals surface area (Å²) in [6, 6.07) is 0. The van der Waals surface area contributed by atoms with Crippen LogP contribution < -0.4 is 5.32 Å². The molecular formula is C11H26N2O2. The summed E-state index contributed by atoms with van der Waals surface area (Å²) in [7, 11) is 5.80. The fourth-order valence-electron chi connectivity index (χ4n) is 1.19. The molecule has 4 heteroatoms. The van der Waals surface area contributed by atoms with E-state index in [1.807, 2.05) is 14.1 Å². The second kappa shape index (κ2) is 10.4. The van der Waals surface area contributed by atoms with Gasteiger partial charge >= 0.3 is 0 Å². The number of methoxy groups -OCH3 is 1. The second-order valence-electron chi connectivity index (χ2n) is 3.96. The van der Waals surface area contributed by atoms with Crippen LogP contribution in [0.3, 0.4) is 0 Å². The summed E-state index contributed by atoms with van der Waals surface area (Å²) >= 11 is 0. The van der Waals surface area contributed by atoms with E-state index in [9.17, 15) is 0 Å². The molecular weight excluding hydrogens is 192 g/mol. The summed E-state index contributed by atoms with van der Waals surface area (Å²) in [5, 5.41) is 3.34. The Morgan fingerprint density at radius 3 is 2.60 bits per heavy atom. The lowest BCUT2D eigenvalue weighted by Crippen LogP contribution is -2.34. The van der Waals surface area contributed by atoms with Crippen molar-refractivity contribution in [1.82, 2.24) is 10.2 Å². The molecule has 1 atom stereocenters. The molecule has 0 aliphatic rings. The van der Waals surface area contributed by atoms with Gasteiger partial charge in [-0.2, -0.15) is 0 Å². The fraction of sp³-hybridized carbons (Fsp3) is 1.00. The van der Waals surface area contributed by atoms with Crippen LogP contribution in [-0.2, 0) is 9.47 Å². The van der Waals surface area contributed by atoms with Crippen molar-refractivity contribution in [3.05, 3.63) is 0 Å². The van der Waals surface area contributed by atoms with Gasteiger partial charge in [0, 0.05) is 20.2 Å². The van der Waals surface area contributed by atoms with E-state index in [0.717, 1.165) is 32.7 Å². The van der Waals surface area contributed by atoms with Crippen LogP contribution in [0.5, 0.6) is 0 Å². The summed E-state index contributed by atoms with van der Waals surface area (Å²) in [5.41, 5.74) is 0. The maximum Gasteiger partial charge on any atom is 0.0932 e. The molecule has 0 saturated carbocycles. The van der Waals surface area contributed by atoms with E-state index in [1.165, 1.54) is 0 Å². The second-order valence-corrected chi connectivity index (χ2v) is 3.96. The SMILES string of the molecule is CCCNCC(COC)OCCN(C)C. The predicted octanol–water partition coefficient (Wildman–Crippen LogP) is 0.579. The van der Waals surface area contributed by atoms with Gasteiger partial charge in [0.1, 0.15) is 0 Å². The van der Waals surface area contributed by atoms with E-state index >= 15 is 0 Å². The van der Waals surface area contributed by atoms with E-state index in [2.05, 4.69) is 17.1 Å². The highest BCUT2D eigenvalue weighted by atomic mass is 16.5. The largest absolute Gasteiger partial charge is 0.382 e. The molecule has 0 bridgehead atoms. The number of nitrogens with zero attached hydrogens (tertiary/aromatic N) is 1. The summed E-state index contributed by atoms with van der Waals surface area (Å²) in [5.74, 6) is 0. The van der Waals surface area contributed by atoms with Crippen LogP contribution in [0.4, 0.5) is 0 Å². The normalized spacial score (nSPS) is 13.4. The number of ether oxygens (including phenoxy) is 2. The average Bonchev–Trinajstić information content (AvgIpc) is 2.17. The van der Waals surface area contributed by atoms with Gasteiger partial charge in [0.2, 0.25) is 0 Å². The van der Waals surface area contributed by atoms with Crippen molar-refractivity contribution in [3.63, 3.8) is 0 Å². The Morgan fingerprint density at radius 1 is 1.33 bits per heavy atom. The minimum Gasteiger partial charge on any atom is -0.382 e. The lowest BCUT2D eigenvalue weighted by molar-refractivity contribution is -0.00542. The third-order valence-corrected chi connectivity index (χ3v) is 2.04. The fourth-order valence-corrected chi connectivity index (χ4v) is 1.19. The molecule has 0 aliphatic heterocycles. The van der Waals surface area contributed by atoms with E-state index in [4.69, 9.17) is 9.47 Å². The average molecular weight is 218 g/mol. The number of hydrogen-bond acceptors (Lipinski definition) is 4. The van der Waals surface area contributed by atoms with Crippen LogP contribution in [0.25, 0.3) is 0 Å². The molecule has 0 rings (SSSR count). The molecule has 0 saturated heterocycles. The molecule has 0 fully saturated rings. The molecule has 0 spiro atoms. The molecule has 1 N–H and O–H groups in total. The van der Waals surface area contributed by atoms with Gasteiger partial charge in [0.05, 0.1) is 19.3 Å². The Bertz CT molecular complexity index is 132. The maximum absolute atomic E-state index is 5.71. The Morgan fingerprint density at radius 2 is 2.07 bits per heavy atom. The molecule has 15 heavy (non-hydrogen) atoms. The van der Waals surface area contributed by atoms with Gasteiger partial charge in [-0.05, 0) is 27.1 Å². The van der Waals surface area contributed by atoms with Crippen LogP contribution in [0.15, 0.2) is 0 Å². The first-order chi connectivity index (χ1) is 7.20. The van der Waals surface area contributed by atoms with Gasteiger partial charge in [-0.15, -0.1) is 0 Å². The molecule has 4 nitrogen and oxygen atoms in total. The first-order valence-electron chi connectivity index (χ1n) is 5.66. The molecule has 1 unspecified atom stereocenters. The Kier molecular flexibility index (Phi) is 10.3. The highest BCUT2D eigenvalue weighted by Gasteiger charge is 2.07. The molecule has 0 heterocycles. The van der Waals surface area contributed by atoms with E-state index in [1.54, 1.807) is 7.11 Å². The number of hydrogen-bond donors (Lipinski definition) is 1. The van der Waals surface area contributed by atoms with E-state index < -0.39 is 0 Å². The van der Waals surface area contributed by atoms with Gasteiger partial charge in [-0.3, -0.25) is 0 Å². The van der Waals surface area contributed by atoms with Crippen molar-refractivity contribution < 1.29 is 9.47 Å².